The van der Waals surface area contributed by atoms with Crippen molar-refractivity contribution in [3.63, 3.8) is 0 Å². The maximum atomic E-state index is 12.7. The van der Waals surface area contributed by atoms with E-state index in [0.29, 0.717) is 17.9 Å². The maximum Gasteiger partial charge on any atom is 0.451 e. The molecule has 152 valence electrons. The van der Waals surface area contributed by atoms with Crippen LogP contribution in [0.25, 0.3) is 0 Å². The first-order valence-electron chi connectivity index (χ1n) is 8.38. The normalized spacial score (nSPS) is 11.3. The quantitative estimate of drug-likeness (QED) is 0.403. The Morgan fingerprint density at radius 3 is 2.46 bits per heavy atom. The smallest absolute Gasteiger partial charge is 0.451 e. The summed E-state index contributed by atoms with van der Waals surface area (Å²) < 4.78 is 43.9. The van der Waals surface area contributed by atoms with Gasteiger partial charge >= 0.3 is 12.1 Å². The van der Waals surface area contributed by atoms with Gasteiger partial charge in [0.1, 0.15) is 0 Å². The number of anilines is 1. The third-order valence-electron chi connectivity index (χ3n) is 3.56. The molecule has 0 aliphatic rings. The van der Waals surface area contributed by atoms with Gasteiger partial charge in [-0.1, -0.05) is 25.1 Å². The molecule has 1 aromatic heterocycles. The molecule has 0 bridgehead atoms. The van der Waals surface area contributed by atoms with Crippen LogP contribution in [-0.4, -0.2) is 39.0 Å². The van der Waals surface area contributed by atoms with Crippen LogP contribution in [0.3, 0.4) is 0 Å². The van der Waals surface area contributed by atoms with Crippen molar-refractivity contribution in [2.24, 2.45) is 7.05 Å². The molecule has 0 aliphatic heterocycles. The molecule has 0 aliphatic carbocycles. The number of unbranched alkanes of at least 4 members (excludes halogenated alkanes) is 1. The van der Waals surface area contributed by atoms with Crippen molar-refractivity contribution in [2.75, 3.05) is 17.7 Å². The van der Waals surface area contributed by atoms with Crippen LogP contribution in [0.1, 0.15) is 35.9 Å². The maximum absolute atomic E-state index is 12.7. The molecule has 2 aromatic rings. The van der Waals surface area contributed by atoms with Crippen LogP contribution in [0, 0.1) is 0 Å². The Bertz CT molecular complexity index is 822. The molecule has 0 spiro atoms. The molecule has 0 fully saturated rings. The summed E-state index contributed by atoms with van der Waals surface area (Å²) in [7, 11) is 1.18. The molecule has 0 saturated carbocycles. The van der Waals surface area contributed by atoms with E-state index < -0.39 is 23.9 Å². The monoisotopic (exact) mass is 416 g/mol. The number of rotatable bonds is 8. The largest absolute Gasteiger partial charge is 0.462 e. The van der Waals surface area contributed by atoms with Gasteiger partial charge in [0.05, 0.1) is 17.9 Å². The SMILES string of the molecule is CCCCOC(=O)c1ccc(NC(=O)CSc2nnc(C(F)(F)F)n2C)cc1. The van der Waals surface area contributed by atoms with Crippen LogP contribution in [0.15, 0.2) is 29.4 Å². The summed E-state index contributed by atoms with van der Waals surface area (Å²) in [6.45, 7) is 2.34. The molecule has 11 heteroatoms. The molecule has 1 heterocycles. The third-order valence-corrected chi connectivity index (χ3v) is 4.58. The Kier molecular flexibility index (Phi) is 7.44. The van der Waals surface area contributed by atoms with E-state index in [1.54, 1.807) is 12.1 Å². The molecule has 1 N–H and O–H groups in total. The minimum Gasteiger partial charge on any atom is -0.462 e. The number of hydrogen-bond donors (Lipinski definition) is 1. The van der Waals surface area contributed by atoms with Crippen molar-refractivity contribution in [1.82, 2.24) is 14.8 Å². The predicted octanol–water partition coefficient (Wildman–Crippen LogP) is 3.52. The highest BCUT2D eigenvalue weighted by Crippen LogP contribution is 2.29. The number of hydrogen-bond acceptors (Lipinski definition) is 6. The third kappa shape index (κ3) is 5.98. The number of aromatic nitrogens is 3. The number of benzene rings is 1. The summed E-state index contributed by atoms with van der Waals surface area (Å²) in [6, 6.07) is 6.14. The van der Waals surface area contributed by atoms with Crippen molar-refractivity contribution < 1.29 is 27.5 Å². The van der Waals surface area contributed by atoms with E-state index in [-0.39, 0.29) is 10.9 Å². The Balaban J connectivity index is 1.86. The van der Waals surface area contributed by atoms with Crippen molar-refractivity contribution in [3.05, 3.63) is 35.7 Å². The Labute approximate surface area is 163 Å². The van der Waals surface area contributed by atoms with Gasteiger partial charge in [0.2, 0.25) is 11.7 Å². The lowest BCUT2D eigenvalue weighted by molar-refractivity contribution is -0.147. The number of carbonyl (C=O) groups excluding carboxylic acids is 2. The van der Waals surface area contributed by atoms with Crippen molar-refractivity contribution in [2.45, 2.75) is 31.1 Å². The number of nitrogens with zero attached hydrogens (tertiary/aromatic N) is 3. The summed E-state index contributed by atoms with van der Waals surface area (Å²) in [5.41, 5.74) is 0.812. The highest BCUT2D eigenvalue weighted by atomic mass is 32.2. The van der Waals surface area contributed by atoms with Gasteiger partial charge in [-0.25, -0.2) is 4.79 Å². The summed E-state index contributed by atoms with van der Waals surface area (Å²) in [5.74, 6) is -2.15. The van der Waals surface area contributed by atoms with Crippen LogP contribution in [-0.2, 0) is 22.8 Å². The number of halogens is 3. The lowest BCUT2D eigenvalue weighted by Gasteiger charge is -2.08. The Morgan fingerprint density at radius 1 is 1.21 bits per heavy atom. The van der Waals surface area contributed by atoms with E-state index in [9.17, 15) is 22.8 Å². The molecule has 0 unspecified atom stereocenters. The zero-order chi connectivity index (χ0) is 20.7. The van der Waals surface area contributed by atoms with Gasteiger partial charge < -0.3 is 14.6 Å². The molecular weight excluding hydrogens is 397 g/mol. The second kappa shape index (κ2) is 9.58. The fourth-order valence-electron chi connectivity index (χ4n) is 2.10. The van der Waals surface area contributed by atoms with Crippen LogP contribution < -0.4 is 5.32 Å². The number of alkyl halides is 3. The van der Waals surface area contributed by atoms with E-state index >= 15 is 0 Å². The Morgan fingerprint density at radius 2 is 1.89 bits per heavy atom. The second-order valence-electron chi connectivity index (χ2n) is 5.77. The van der Waals surface area contributed by atoms with Gasteiger partial charge in [0, 0.05) is 12.7 Å². The van der Waals surface area contributed by atoms with E-state index in [0.717, 1.165) is 29.2 Å². The predicted molar refractivity (Wildman–Crippen MR) is 97.0 cm³/mol. The van der Waals surface area contributed by atoms with E-state index in [4.69, 9.17) is 4.74 Å². The first-order valence-corrected chi connectivity index (χ1v) is 9.37. The number of thioether (sulfide) groups is 1. The fourth-order valence-corrected chi connectivity index (χ4v) is 2.81. The summed E-state index contributed by atoms with van der Waals surface area (Å²) in [5, 5.41) is 9.12. The van der Waals surface area contributed by atoms with Crippen LogP contribution in [0.2, 0.25) is 0 Å². The number of amides is 1. The van der Waals surface area contributed by atoms with Crippen LogP contribution in [0.5, 0.6) is 0 Å². The van der Waals surface area contributed by atoms with Gasteiger partial charge in [-0.05, 0) is 30.7 Å². The molecular formula is C17H19F3N4O3S. The van der Waals surface area contributed by atoms with Crippen molar-refractivity contribution in [3.8, 4) is 0 Å². The zero-order valence-electron chi connectivity index (χ0n) is 15.2. The summed E-state index contributed by atoms with van der Waals surface area (Å²) in [6.07, 6.45) is -2.90. The highest BCUT2D eigenvalue weighted by molar-refractivity contribution is 7.99. The summed E-state index contributed by atoms with van der Waals surface area (Å²) >= 11 is 0.834. The molecule has 0 saturated heterocycles. The van der Waals surface area contributed by atoms with E-state index in [1.807, 2.05) is 6.92 Å². The summed E-state index contributed by atoms with van der Waals surface area (Å²) in [4.78, 5) is 23.8. The van der Waals surface area contributed by atoms with Gasteiger partial charge in [-0.15, -0.1) is 10.2 Å². The molecule has 0 atom stereocenters. The Hall–Kier alpha value is -2.56. The van der Waals surface area contributed by atoms with Crippen LogP contribution >= 0.6 is 11.8 Å². The number of carbonyl (C=O) groups is 2. The van der Waals surface area contributed by atoms with E-state index in [2.05, 4.69) is 15.5 Å². The number of ether oxygens (including phenoxy) is 1. The van der Waals surface area contributed by atoms with E-state index in [1.165, 1.54) is 19.2 Å². The number of nitrogens with one attached hydrogen (secondary N) is 1. The fraction of sp³-hybridized carbons (Fsp3) is 0.412. The highest BCUT2D eigenvalue weighted by Gasteiger charge is 2.37. The first-order chi connectivity index (χ1) is 13.2. The molecule has 0 radical (unpaired) electrons. The molecule has 2 rings (SSSR count). The molecule has 1 amide bonds. The lowest BCUT2D eigenvalue weighted by atomic mass is 10.2. The average molecular weight is 416 g/mol. The van der Waals surface area contributed by atoms with Crippen molar-refractivity contribution in [1.29, 1.82) is 0 Å². The van der Waals surface area contributed by atoms with Gasteiger partial charge in [-0.2, -0.15) is 13.2 Å². The minimum atomic E-state index is -4.61. The molecule has 1 aromatic carbocycles. The van der Waals surface area contributed by atoms with Gasteiger partial charge in [0.15, 0.2) is 5.16 Å². The molecule has 7 nitrogen and oxygen atoms in total. The van der Waals surface area contributed by atoms with Crippen molar-refractivity contribution >= 4 is 29.3 Å². The number of esters is 1. The zero-order valence-corrected chi connectivity index (χ0v) is 16.1. The standard InChI is InChI=1S/C17H19F3N4O3S/c1-3-4-9-27-14(26)11-5-7-12(8-6-11)21-13(25)10-28-16-23-22-15(24(16)2)17(18,19)20/h5-8H,3-4,9-10H2,1-2H3,(H,21,25). The van der Waals surface area contributed by atoms with Gasteiger partial charge in [0.25, 0.3) is 0 Å². The molecule has 28 heavy (non-hydrogen) atoms. The van der Waals surface area contributed by atoms with Crippen LogP contribution in [0.4, 0.5) is 18.9 Å². The topological polar surface area (TPSA) is 86.1 Å². The first kappa shape index (κ1) is 21.7. The lowest BCUT2D eigenvalue weighted by Crippen LogP contribution is -2.15. The average Bonchev–Trinajstić information content (AvgIpc) is 3.01. The minimum absolute atomic E-state index is 0.0207. The van der Waals surface area contributed by atoms with Gasteiger partial charge in [-0.3, -0.25) is 4.79 Å². The second-order valence-corrected chi connectivity index (χ2v) is 6.71.